The van der Waals surface area contributed by atoms with E-state index in [2.05, 4.69) is 0 Å². The number of ether oxygens (including phenoxy) is 2. The van der Waals surface area contributed by atoms with Gasteiger partial charge in [0.1, 0.15) is 5.75 Å². The van der Waals surface area contributed by atoms with Crippen molar-refractivity contribution < 1.29 is 19.4 Å². The first kappa shape index (κ1) is 17.2. The Bertz CT molecular complexity index is 566. The van der Waals surface area contributed by atoms with Crippen molar-refractivity contribution in [1.82, 2.24) is 4.90 Å². The molecule has 1 unspecified atom stereocenters. The van der Waals surface area contributed by atoms with Crippen molar-refractivity contribution in [2.75, 3.05) is 26.8 Å². The second-order valence-corrected chi connectivity index (χ2v) is 6.91. The van der Waals surface area contributed by atoms with Crippen molar-refractivity contribution in [3.8, 4) is 5.75 Å². The van der Waals surface area contributed by atoms with Crippen LogP contribution in [0.5, 0.6) is 5.75 Å². The molecule has 5 heteroatoms. The van der Waals surface area contributed by atoms with Gasteiger partial charge in [-0.25, -0.2) is 0 Å². The molecule has 0 aliphatic carbocycles. The molecular formula is C19H27NO4. The largest absolute Gasteiger partial charge is 0.497 e. The number of aliphatic hydroxyl groups is 1. The van der Waals surface area contributed by atoms with Gasteiger partial charge in [0.15, 0.2) is 0 Å². The second-order valence-electron chi connectivity index (χ2n) is 6.91. The minimum absolute atomic E-state index is 0.198. The van der Waals surface area contributed by atoms with Gasteiger partial charge in [-0.05, 0) is 43.4 Å². The molecule has 2 aliphatic rings. The topological polar surface area (TPSA) is 59.0 Å². The lowest BCUT2D eigenvalue weighted by Crippen LogP contribution is -2.51. The maximum absolute atomic E-state index is 12.5. The van der Waals surface area contributed by atoms with E-state index >= 15 is 0 Å². The molecule has 1 aromatic carbocycles. The minimum Gasteiger partial charge on any atom is -0.497 e. The summed E-state index contributed by atoms with van der Waals surface area (Å²) in [5, 5.41) is 9.88. The zero-order chi connectivity index (χ0) is 17.0. The molecule has 1 atom stereocenters. The third kappa shape index (κ3) is 4.08. The molecule has 2 fully saturated rings. The Morgan fingerprint density at radius 1 is 1.42 bits per heavy atom. The molecule has 0 bridgehead atoms. The highest BCUT2D eigenvalue weighted by Crippen LogP contribution is 2.35. The first-order valence-electron chi connectivity index (χ1n) is 8.83. The highest BCUT2D eigenvalue weighted by atomic mass is 16.5. The maximum Gasteiger partial charge on any atom is 0.222 e. The number of carbonyl (C=O) groups excluding carboxylic acids is 1. The molecule has 0 saturated carbocycles. The first-order chi connectivity index (χ1) is 11.6. The van der Waals surface area contributed by atoms with Crippen LogP contribution in [0.2, 0.25) is 0 Å². The molecule has 5 nitrogen and oxygen atoms in total. The predicted molar refractivity (Wildman–Crippen MR) is 91.1 cm³/mol. The zero-order valence-electron chi connectivity index (χ0n) is 14.4. The fraction of sp³-hybridized carbons (Fsp3) is 0.632. The summed E-state index contributed by atoms with van der Waals surface area (Å²) in [7, 11) is 1.65. The van der Waals surface area contributed by atoms with Crippen LogP contribution in [0.1, 0.15) is 37.7 Å². The highest BCUT2D eigenvalue weighted by Gasteiger charge is 2.40. The van der Waals surface area contributed by atoms with Gasteiger partial charge in [0.2, 0.25) is 5.91 Å². The smallest absolute Gasteiger partial charge is 0.222 e. The molecule has 1 amide bonds. The number of nitrogens with zero attached hydrogens (tertiary/aromatic N) is 1. The number of piperidine rings is 1. The van der Waals surface area contributed by atoms with E-state index in [-0.39, 0.29) is 17.6 Å². The van der Waals surface area contributed by atoms with Crippen LogP contribution >= 0.6 is 0 Å². The lowest BCUT2D eigenvalue weighted by Gasteiger charge is -2.45. The molecule has 2 aliphatic heterocycles. The van der Waals surface area contributed by atoms with Gasteiger partial charge in [0.25, 0.3) is 0 Å². The normalized spacial score (nSPS) is 23.2. The van der Waals surface area contributed by atoms with Gasteiger partial charge < -0.3 is 19.5 Å². The summed E-state index contributed by atoms with van der Waals surface area (Å²) in [6, 6.07) is 7.87. The van der Waals surface area contributed by atoms with Gasteiger partial charge in [-0.15, -0.1) is 0 Å². The van der Waals surface area contributed by atoms with E-state index in [9.17, 15) is 9.90 Å². The van der Waals surface area contributed by atoms with Gasteiger partial charge in [0, 0.05) is 32.5 Å². The van der Waals surface area contributed by atoms with E-state index in [0.717, 1.165) is 50.1 Å². The molecule has 1 aromatic rings. The van der Waals surface area contributed by atoms with Crippen molar-refractivity contribution in [1.29, 1.82) is 0 Å². The summed E-state index contributed by atoms with van der Waals surface area (Å²) in [6.45, 7) is 2.08. The summed E-state index contributed by atoms with van der Waals surface area (Å²) >= 11 is 0. The molecule has 2 saturated heterocycles. The second kappa shape index (κ2) is 7.53. The van der Waals surface area contributed by atoms with Crippen LogP contribution in [0.3, 0.4) is 0 Å². The number of hydrogen-bond acceptors (Lipinski definition) is 4. The number of methoxy groups -OCH3 is 1. The number of carbonyl (C=O) groups is 1. The van der Waals surface area contributed by atoms with E-state index in [4.69, 9.17) is 9.47 Å². The molecule has 0 aromatic heterocycles. The van der Waals surface area contributed by atoms with Crippen LogP contribution in [0.15, 0.2) is 24.3 Å². The van der Waals surface area contributed by atoms with Crippen molar-refractivity contribution >= 4 is 5.91 Å². The molecule has 1 N–H and O–H groups in total. The van der Waals surface area contributed by atoms with Crippen LogP contribution in [0.25, 0.3) is 0 Å². The van der Waals surface area contributed by atoms with Crippen LogP contribution in [0, 0.1) is 0 Å². The standard InChI is InChI=1S/C19H27NO4/c1-23-17-4-2-3-15(13-17)5-6-18(22)20-10-8-19(9-11-20)14-16(21)7-12-24-19/h2-4,13,16,21H,5-12,14H2,1H3. The Morgan fingerprint density at radius 2 is 2.21 bits per heavy atom. The fourth-order valence-electron chi connectivity index (χ4n) is 3.75. The van der Waals surface area contributed by atoms with Gasteiger partial charge in [-0.2, -0.15) is 0 Å². The van der Waals surface area contributed by atoms with Crippen LogP contribution in [0.4, 0.5) is 0 Å². The Balaban J connectivity index is 1.48. The summed E-state index contributed by atoms with van der Waals surface area (Å²) in [5.74, 6) is 1.02. The molecule has 132 valence electrons. The average molecular weight is 333 g/mol. The van der Waals surface area contributed by atoms with Crippen molar-refractivity contribution in [3.63, 3.8) is 0 Å². The number of rotatable bonds is 4. The van der Waals surface area contributed by atoms with E-state index in [1.54, 1.807) is 7.11 Å². The third-order valence-corrected chi connectivity index (χ3v) is 5.26. The highest BCUT2D eigenvalue weighted by molar-refractivity contribution is 5.76. The molecular weight excluding hydrogens is 306 g/mol. The Kier molecular flexibility index (Phi) is 5.41. The molecule has 24 heavy (non-hydrogen) atoms. The van der Waals surface area contributed by atoms with Crippen molar-refractivity contribution in [2.24, 2.45) is 0 Å². The zero-order valence-corrected chi connectivity index (χ0v) is 14.4. The SMILES string of the molecule is COc1cccc(CCC(=O)N2CCC3(CC2)CC(O)CCO3)c1. The number of hydrogen-bond donors (Lipinski definition) is 1. The quantitative estimate of drug-likeness (QED) is 0.917. The number of aliphatic hydroxyl groups excluding tert-OH is 1. The average Bonchev–Trinajstić information content (AvgIpc) is 2.60. The number of benzene rings is 1. The number of likely N-dealkylation sites (tertiary alicyclic amines) is 1. The third-order valence-electron chi connectivity index (χ3n) is 5.26. The number of aryl methyl sites for hydroxylation is 1. The van der Waals surface area contributed by atoms with Gasteiger partial charge in [0.05, 0.1) is 18.8 Å². The summed E-state index contributed by atoms with van der Waals surface area (Å²) < 4.78 is 11.2. The fourth-order valence-corrected chi connectivity index (χ4v) is 3.75. The molecule has 3 rings (SSSR count). The van der Waals surface area contributed by atoms with Crippen molar-refractivity contribution in [2.45, 2.75) is 50.2 Å². The van der Waals surface area contributed by atoms with E-state index in [0.29, 0.717) is 19.4 Å². The molecule has 0 radical (unpaired) electrons. The van der Waals surface area contributed by atoms with Gasteiger partial charge >= 0.3 is 0 Å². The van der Waals surface area contributed by atoms with E-state index < -0.39 is 0 Å². The monoisotopic (exact) mass is 333 g/mol. The molecule has 2 heterocycles. The Morgan fingerprint density at radius 3 is 2.92 bits per heavy atom. The van der Waals surface area contributed by atoms with Crippen LogP contribution in [-0.4, -0.2) is 54.4 Å². The molecule has 1 spiro atoms. The predicted octanol–water partition coefficient (Wildman–Crippen LogP) is 2.16. The van der Waals surface area contributed by atoms with E-state index in [1.165, 1.54) is 0 Å². The lowest BCUT2D eigenvalue weighted by atomic mass is 9.83. The maximum atomic E-state index is 12.5. The van der Waals surface area contributed by atoms with Gasteiger partial charge in [-0.1, -0.05) is 12.1 Å². The van der Waals surface area contributed by atoms with E-state index in [1.807, 2.05) is 29.2 Å². The summed E-state index contributed by atoms with van der Waals surface area (Å²) in [5.41, 5.74) is 0.913. The van der Waals surface area contributed by atoms with Crippen molar-refractivity contribution in [3.05, 3.63) is 29.8 Å². The summed E-state index contributed by atoms with van der Waals surface area (Å²) in [6.07, 6.45) is 4.08. The first-order valence-corrected chi connectivity index (χ1v) is 8.83. The Hall–Kier alpha value is -1.59. The number of amides is 1. The lowest BCUT2D eigenvalue weighted by molar-refractivity contribution is -0.153. The minimum atomic E-state index is -0.255. The Labute approximate surface area is 143 Å². The van der Waals surface area contributed by atoms with Crippen LogP contribution in [-0.2, 0) is 16.0 Å². The van der Waals surface area contributed by atoms with Crippen LogP contribution < -0.4 is 4.74 Å². The van der Waals surface area contributed by atoms with Gasteiger partial charge in [-0.3, -0.25) is 4.79 Å². The summed E-state index contributed by atoms with van der Waals surface area (Å²) in [4.78, 5) is 14.4.